The van der Waals surface area contributed by atoms with Crippen LogP contribution < -0.4 is 14.8 Å². The lowest BCUT2D eigenvalue weighted by Gasteiger charge is -2.24. The molecule has 0 spiro atoms. The number of carbonyl (C=O) groups is 1. The number of carbonyl (C=O) groups excluding carboxylic acids is 1. The minimum atomic E-state index is -0.0601. The highest BCUT2D eigenvalue weighted by Crippen LogP contribution is 2.31. The van der Waals surface area contributed by atoms with Gasteiger partial charge in [-0.05, 0) is 48.1 Å². The summed E-state index contributed by atoms with van der Waals surface area (Å²) in [7, 11) is 0. The Labute approximate surface area is 177 Å². The molecule has 1 aliphatic rings. The van der Waals surface area contributed by atoms with Crippen LogP contribution in [-0.2, 0) is 17.8 Å². The summed E-state index contributed by atoms with van der Waals surface area (Å²) in [5.41, 5.74) is 3.41. The fourth-order valence-corrected chi connectivity index (χ4v) is 3.76. The van der Waals surface area contributed by atoms with Crippen molar-refractivity contribution in [3.05, 3.63) is 89.6 Å². The molecule has 1 amide bonds. The van der Waals surface area contributed by atoms with Gasteiger partial charge in [0.25, 0.3) is 0 Å². The first kappa shape index (κ1) is 20.0. The molecule has 2 aromatic carbocycles. The number of benzene rings is 2. The number of ether oxygens (including phenoxy) is 2. The van der Waals surface area contributed by atoms with Gasteiger partial charge in [-0.25, -0.2) is 4.98 Å². The first-order valence-corrected chi connectivity index (χ1v) is 10.4. The molecule has 1 heterocycles. The number of para-hydroxylation sites is 1. The van der Waals surface area contributed by atoms with Gasteiger partial charge in [0, 0.05) is 18.8 Å². The van der Waals surface area contributed by atoms with E-state index < -0.39 is 0 Å². The number of aromatic nitrogens is 1. The van der Waals surface area contributed by atoms with Crippen molar-refractivity contribution in [1.29, 1.82) is 0 Å². The maximum Gasteiger partial charge on any atom is 0.227 e. The second-order valence-electron chi connectivity index (χ2n) is 7.38. The summed E-state index contributed by atoms with van der Waals surface area (Å²) in [5.74, 6) is 1.39. The molecule has 0 saturated carbocycles. The fourth-order valence-electron chi connectivity index (χ4n) is 3.76. The highest BCUT2D eigenvalue weighted by molar-refractivity contribution is 5.84. The maximum absolute atomic E-state index is 12.7. The molecule has 30 heavy (non-hydrogen) atoms. The van der Waals surface area contributed by atoms with Crippen molar-refractivity contribution in [3.8, 4) is 11.6 Å². The van der Waals surface area contributed by atoms with E-state index in [-0.39, 0.29) is 11.8 Å². The molecule has 1 N–H and O–H groups in total. The number of amides is 1. The van der Waals surface area contributed by atoms with Crippen molar-refractivity contribution < 1.29 is 14.3 Å². The lowest BCUT2D eigenvalue weighted by atomic mass is 9.82. The SMILES string of the molecule is O=C(NCc1ccc(OCCOc2ccccc2)nc1)C1CCCc2ccccc21. The zero-order chi connectivity index (χ0) is 20.6. The van der Waals surface area contributed by atoms with E-state index in [1.165, 1.54) is 11.1 Å². The molecule has 1 atom stereocenters. The van der Waals surface area contributed by atoms with Gasteiger partial charge in [-0.3, -0.25) is 4.79 Å². The first-order chi connectivity index (χ1) is 14.8. The predicted molar refractivity (Wildman–Crippen MR) is 116 cm³/mol. The number of rotatable bonds is 8. The van der Waals surface area contributed by atoms with Crippen LogP contribution >= 0.6 is 0 Å². The summed E-state index contributed by atoms with van der Waals surface area (Å²) in [4.78, 5) is 17.0. The summed E-state index contributed by atoms with van der Waals surface area (Å²) in [6.45, 7) is 1.33. The van der Waals surface area contributed by atoms with Gasteiger partial charge in [0.05, 0.1) is 5.92 Å². The van der Waals surface area contributed by atoms with Crippen LogP contribution in [0.3, 0.4) is 0 Å². The van der Waals surface area contributed by atoms with Gasteiger partial charge >= 0.3 is 0 Å². The van der Waals surface area contributed by atoms with Gasteiger partial charge in [-0.1, -0.05) is 48.5 Å². The van der Waals surface area contributed by atoms with Crippen LogP contribution in [0.4, 0.5) is 0 Å². The number of hydrogen-bond acceptors (Lipinski definition) is 4. The van der Waals surface area contributed by atoms with E-state index in [4.69, 9.17) is 9.47 Å². The van der Waals surface area contributed by atoms with Gasteiger partial charge < -0.3 is 14.8 Å². The van der Waals surface area contributed by atoms with Gasteiger partial charge in [-0.2, -0.15) is 0 Å². The molecule has 0 fully saturated rings. The molecule has 3 aromatic rings. The Morgan fingerprint density at radius 2 is 1.77 bits per heavy atom. The van der Waals surface area contributed by atoms with Crippen molar-refractivity contribution in [2.24, 2.45) is 0 Å². The zero-order valence-electron chi connectivity index (χ0n) is 16.9. The van der Waals surface area contributed by atoms with Gasteiger partial charge in [-0.15, -0.1) is 0 Å². The van der Waals surface area contributed by atoms with Gasteiger partial charge in [0.15, 0.2) is 0 Å². The molecular weight excluding hydrogens is 376 g/mol. The van der Waals surface area contributed by atoms with Crippen molar-refractivity contribution in [1.82, 2.24) is 10.3 Å². The predicted octanol–water partition coefficient (Wildman–Crippen LogP) is 4.28. The fraction of sp³-hybridized carbons (Fsp3) is 0.280. The summed E-state index contributed by atoms with van der Waals surface area (Å²) in [6, 6.07) is 21.6. The van der Waals surface area contributed by atoms with Crippen LogP contribution in [0.5, 0.6) is 11.6 Å². The average Bonchev–Trinajstić information content (AvgIpc) is 2.81. The van der Waals surface area contributed by atoms with Crippen molar-refractivity contribution in [2.45, 2.75) is 31.7 Å². The van der Waals surface area contributed by atoms with E-state index in [2.05, 4.69) is 22.4 Å². The molecule has 0 aliphatic heterocycles. The van der Waals surface area contributed by atoms with E-state index in [0.717, 1.165) is 30.6 Å². The Hall–Kier alpha value is -3.34. The van der Waals surface area contributed by atoms with Crippen LogP contribution in [0.1, 0.15) is 35.4 Å². The molecule has 0 radical (unpaired) electrons. The summed E-state index contributed by atoms with van der Waals surface area (Å²) >= 11 is 0. The molecule has 0 bridgehead atoms. The van der Waals surface area contributed by atoms with Crippen LogP contribution in [-0.4, -0.2) is 24.1 Å². The molecule has 1 unspecified atom stereocenters. The summed E-state index contributed by atoms with van der Waals surface area (Å²) < 4.78 is 11.2. The number of nitrogens with zero attached hydrogens (tertiary/aromatic N) is 1. The molecule has 4 rings (SSSR count). The summed E-state index contributed by atoms with van der Waals surface area (Å²) in [5, 5.41) is 3.06. The van der Waals surface area contributed by atoms with Crippen molar-refractivity contribution in [3.63, 3.8) is 0 Å². The molecule has 5 nitrogen and oxygen atoms in total. The maximum atomic E-state index is 12.7. The van der Waals surface area contributed by atoms with E-state index in [1.54, 1.807) is 6.20 Å². The van der Waals surface area contributed by atoms with Crippen LogP contribution in [0.15, 0.2) is 72.9 Å². The number of nitrogens with one attached hydrogen (secondary N) is 1. The second-order valence-corrected chi connectivity index (χ2v) is 7.38. The third-order valence-corrected chi connectivity index (χ3v) is 5.30. The molecule has 1 aliphatic carbocycles. The minimum absolute atomic E-state index is 0.0601. The van der Waals surface area contributed by atoms with Crippen LogP contribution in [0, 0.1) is 0 Å². The average molecular weight is 402 g/mol. The van der Waals surface area contributed by atoms with Crippen molar-refractivity contribution in [2.75, 3.05) is 13.2 Å². The van der Waals surface area contributed by atoms with E-state index in [9.17, 15) is 4.79 Å². The molecule has 0 saturated heterocycles. The lowest BCUT2D eigenvalue weighted by molar-refractivity contribution is -0.123. The summed E-state index contributed by atoms with van der Waals surface area (Å²) in [6.07, 6.45) is 4.75. The van der Waals surface area contributed by atoms with E-state index >= 15 is 0 Å². The Morgan fingerprint density at radius 1 is 0.967 bits per heavy atom. The van der Waals surface area contributed by atoms with E-state index in [0.29, 0.717) is 25.6 Å². The number of aryl methyl sites for hydroxylation is 1. The van der Waals surface area contributed by atoms with Crippen molar-refractivity contribution >= 4 is 5.91 Å². The minimum Gasteiger partial charge on any atom is -0.490 e. The largest absolute Gasteiger partial charge is 0.490 e. The van der Waals surface area contributed by atoms with E-state index in [1.807, 2.05) is 54.6 Å². The number of fused-ring (bicyclic) bond motifs is 1. The molecular formula is C25H26N2O3. The monoisotopic (exact) mass is 402 g/mol. The number of pyridine rings is 1. The molecule has 5 heteroatoms. The molecule has 1 aromatic heterocycles. The topological polar surface area (TPSA) is 60.5 Å². The standard InChI is InChI=1S/C25H26N2O3/c28-25(23-12-6-8-20-7-4-5-11-22(20)23)27-18-19-13-14-24(26-17-19)30-16-15-29-21-9-2-1-3-10-21/h1-5,7,9-11,13-14,17,23H,6,8,12,15-16,18H2,(H,27,28). The Balaban J connectivity index is 1.23. The Morgan fingerprint density at radius 3 is 2.60 bits per heavy atom. The molecule has 154 valence electrons. The normalized spacial score (nSPS) is 15.1. The van der Waals surface area contributed by atoms with Crippen LogP contribution in [0.2, 0.25) is 0 Å². The van der Waals surface area contributed by atoms with Gasteiger partial charge in [0.2, 0.25) is 11.8 Å². The highest BCUT2D eigenvalue weighted by atomic mass is 16.5. The third kappa shape index (κ3) is 5.17. The third-order valence-electron chi connectivity index (χ3n) is 5.30. The Kier molecular flexibility index (Phi) is 6.60. The number of hydrogen-bond donors (Lipinski definition) is 1. The second kappa shape index (κ2) is 9.92. The lowest BCUT2D eigenvalue weighted by Crippen LogP contribution is -2.31. The Bertz CT molecular complexity index is 958. The quantitative estimate of drug-likeness (QED) is 0.572. The zero-order valence-corrected chi connectivity index (χ0v) is 16.9. The van der Waals surface area contributed by atoms with Gasteiger partial charge in [0.1, 0.15) is 19.0 Å². The highest BCUT2D eigenvalue weighted by Gasteiger charge is 2.25. The van der Waals surface area contributed by atoms with Crippen LogP contribution in [0.25, 0.3) is 0 Å². The smallest absolute Gasteiger partial charge is 0.227 e. The first-order valence-electron chi connectivity index (χ1n) is 10.4.